The molecular formula is C15H18. The van der Waals surface area contributed by atoms with E-state index in [-0.39, 0.29) is 0 Å². The standard InChI is InChI=1S/C11H12.C4H6/c1-9-7-11(9)8-10-5-3-2-4-6-10;1-3-4-2/h2-6,8-9H,7H2,1H3;3-4H,1-2H2. The molecule has 0 N–H and O–H groups in total. The summed E-state index contributed by atoms with van der Waals surface area (Å²) in [6.07, 6.45) is 6.87. The maximum absolute atomic E-state index is 3.36. The molecule has 0 heterocycles. The summed E-state index contributed by atoms with van der Waals surface area (Å²) in [5, 5.41) is 0. The van der Waals surface area contributed by atoms with E-state index in [2.05, 4.69) is 56.5 Å². The summed E-state index contributed by atoms with van der Waals surface area (Å²) in [5.74, 6) is 0.843. The van der Waals surface area contributed by atoms with Crippen molar-refractivity contribution < 1.29 is 0 Å². The van der Waals surface area contributed by atoms with E-state index in [1.54, 1.807) is 17.7 Å². The summed E-state index contributed by atoms with van der Waals surface area (Å²) in [6, 6.07) is 10.5. The molecule has 0 bridgehead atoms. The lowest BCUT2D eigenvalue weighted by molar-refractivity contribution is 1.02. The fraction of sp³-hybridized carbons (Fsp3) is 0.200. The first kappa shape index (κ1) is 11.5. The van der Waals surface area contributed by atoms with Gasteiger partial charge in [0, 0.05) is 0 Å². The van der Waals surface area contributed by atoms with Crippen molar-refractivity contribution in [1.82, 2.24) is 0 Å². The second kappa shape index (κ2) is 6.02. The van der Waals surface area contributed by atoms with E-state index in [0.29, 0.717) is 0 Å². The van der Waals surface area contributed by atoms with E-state index in [4.69, 9.17) is 0 Å². The van der Waals surface area contributed by atoms with Gasteiger partial charge in [-0.05, 0) is 17.9 Å². The molecule has 0 aliphatic heterocycles. The van der Waals surface area contributed by atoms with Crippen LogP contribution in [-0.4, -0.2) is 0 Å². The van der Waals surface area contributed by atoms with Gasteiger partial charge >= 0.3 is 0 Å². The van der Waals surface area contributed by atoms with E-state index < -0.39 is 0 Å². The summed E-state index contributed by atoms with van der Waals surface area (Å²) in [4.78, 5) is 0. The van der Waals surface area contributed by atoms with Gasteiger partial charge in [0.2, 0.25) is 0 Å². The van der Waals surface area contributed by atoms with Gasteiger partial charge in [-0.25, -0.2) is 0 Å². The minimum atomic E-state index is 0.843. The third kappa shape index (κ3) is 4.46. The highest BCUT2D eigenvalue weighted by Gasteiger charge is 2.23. The van der Waals surface area contributed by atoms with Crippen molar-refractivity contribution in [2.75, 3.05) is 0 Å². The second-order valence-corrected chi connectivity index (χ2v) is 3.71. The fourth-order valence-corrected chi connectivity index (χ4v) is 1.26. The zero-order valence-corrected chi connectivity index (χ0v) is 9.32. The van der Waals surface area contributed by atoms with Crippen LogP contribution in [0.25, 0.3) is 6.08 Å². The van der Waals surface area contributed by atoms with Crippen LogP contribution < -0.4 is 0 Å². The predicted octanol–water partition coefficient (Wildman–Crippen LogP) is 4.47. The van der Waals surface area contributed by atoms with Crippen LogP contribution in [0.5, 0.6) is 0 Å². The molecule has 1 aliphatic carbocycles. The summed E-state index contributed by atoms with van der Waals surface area (Å²) in [7, 11) is 0. The number of hydrogen-bond donors (Lipinski definition) is 0. The van der Waals surface area contributed by atoms with Crippen molar-refractivity contribution in [2.24, 2.45) is 5.92 Å². The Kier molecular flexibility index (Phi) is 4.62. The average Bonchev–Trinajstić information content (AvgIpc) is 2.96. The quantitative estimate of drug-likeness (QED) is 0.615. The molecule has 1 aromatic rings. The van der Waals surface area contributed by atoms with E-state index in [0.717, 1.165) is 5.92 Å². The monoisotopic (exact) mass is 198 g/mol. The molecule has 78 valence electrons. The van der Waals surface area contributed by atoms with E-state index in [1.807, 2.05) is 0 Å². The molecule has 15 heavy (non-hydrogen) atoms. The Morgan fingerprint density at radius 1 is 1.13 bits per heavy atom. The average molecular weight is 198 g/mol. The molecule has 0 heteroatoms. The minimum absolute atomic E-state index is 0.843. The Labute approximate surface area is 92.6 Å². The molecule has 1 unspecified atom stereocenters. The SMILES string of the molecule is C=CC=C.CC1CC1=Cc1ccccc1. The van der Waals surface area contributed by atoms with E-state index in [9.17, 15) is 0 Å². The first-order chi connectivity index (χ1) is 7.27. The van der Waals surface area contributed by atoms with Crippen LogP contribution in [0.4, 0.5) is 0 Å². The molecule has 0 spiro atoms. The lowest BCUT2D eigenvalue weighted by Crippen LogP contribution is -1.67. The Balaban J connectivity index is 0.000000245. The minimum Gasteiger partial charge on any atom is -0.0991 e. The van der Waals surface area contributed by atoms with Gasteiger partial charge in [0.15, 0.2) is 0 Å². The normalized spacial score (nSPS) is 20.1. The molecule has 0 radical (unpaired) electrons. The maximum Gasteiger partial charge on any atom is -0.0191 e. The third-order valence-electron chi connectivity index (χ3n) is 2.33. The van der Waals surface area contributed by atoms with Crippen molar-refractivity contribution in [2.45, 2.75) is 13.3 Å². The van der Waals surface area contributed by atoms with Crippen LogP contribution in [0, 0.1) is 5.92 Å². The van der Waals surface area contributed by atoms with Crippen LogP contribution in [0.3, 0.4) is 0 Å². The smallest absolute Gasteiger partial charge is 0.0191 e. The Morgan fingerprint density at radius 2 is 1.67 bits per heavy atom. The molecular weight excluding hydrogens is 180 g/mol. The number of benzene rings is 1. The maximum atomic E-state index is 3.36. The van der Waals surface area contributed by atoms with Gasteiger partial charge in [-0.2, -0.15) is 0 Å². The van der Waals surface area contributed by atoms with Crippen molar-refractivity contribution >= 4 is 6.08 Å². The second-order valence-electron chi connectivity index (χ2n) is 3.71. The number of allylic oxidation sites excluding steroid dienone is 3. The molecule has 0 nitrogen and oxygen atoms in total. The highest BCUT2D eigenvalue weighted by atomic mass is 14.3. The van der Waals surface area contributed by atoms with Gasteiger partial charge in [-0.1, -0.05) is 74.2 Å². The largest absolute Gasteiger partial charge is 0.0991 e. The lowest BCUT2D eigenvalue weighted by atomic mass is 10.2. The lowest BCUT2D eigenvalue weighted by Gasteiger charge is -1.88. The van der Waals surface area contributed by atoms with Crippen molar-refractivity contribution in [1.29, 1.82) is 0 Å². The molecule has 1 fully saturated rings. The molecule has 1 aromatic carbocycles. The van der Waals surface area contributed by atoms with Crippen molar-refractivity contribution in [3.05, 3.63) is 66.8 Å². The molecule has 1 aliphatic rings. The zero-order valence-electron chi connectivity index (χ0n) is 9.32. The van der Waals surface area contributed by atoms with Crippen molar-refractivity contribution in [3.8, 4) is 0 Å². The first-order valence-electron chi connectivity index (χ1n) is 5.27. The van der Waals surface area contributed by atoms with Crippen LogP contribution in [0.2, 0.25) is 0 Å². The highest BCUT2D eigenvalue weighted by Crippen LogP contribution is 2.38. The Bertz CT molecular complexity index is 338. The summed E-state index contributed by atoms with van der Waals surface area (Å²) in [5.41, 5.74) is 2.93. The Hall–Kier alpha value is -1.56. The topological polar surface area (TPSA) is 0 Å². The van der Waals surface area contributed by atoms with Crippen molar-refractivity contribution in [3.63, 3.8) is 0 Å². The summed E-state index contributed by atoms with van der Waals surface area (Å²) < 4.78 is 0. The van der Waals surface area contributed by atoms with Gasteiger partial charge < -0.3 is 0 Å². The number of hydrogen-bond acceptors (Lipinski definition) is 0. The highest BCUT2D eigenvalue weighted by molar-refractivity contribution is 5.57. The van der Waals surface area contributed by atoms with Gasteiger partial charge in [-0.3, -0.25) is 0 Å². The van der Waals surface area contributed by atoms with E-state index >= 15 is 0 Å². The summed E-state index contributed by atoms with van der Waals surface area (Å²) in [6.45, 7) is 8.99. The molecule has 1 atom stereocenters. The molecule has 2 rings (SSSR count). The zero-order chi connectivity index (χ0) is 11.1. The molecule has 1 saturated carbocycles. The van der Waals surface area contributed by atoms with Crippen LogP contribution in [0.15, 0.2) is 61.2 Å². The first-order valence-corrected chi connectivity index (χ1v) is 5.27. The Morgan fingerprint density at radius 3 is 2.07 bits per heavy atom. The predicted molar refractivity (Wildman–Crippen MR) is 68.6 cm³/mol. The van der Waals surface area contributed by atoms with Crippen LogP contribution >= 0.6 is 0 Å². The number of rotatable bonds is 2. The summed E-state index contributed by atoms with van der Waals surface area (Å²) >= 11 is 0. The van der Waals surface area contributed by atoms with Crippen LogP contribution in [0.1, 0.15) is 18.9 Å². The molecule has 0 aromatic heterocycles. The fourth-order valence-electron chi connectivity index (χ4n) is 1.26. The van der Waals surface area contributed by atoms with E-state index in [1.165, 1.54) is 12.0 Å². The van der Waals surface area contributed by atoms with Crippen LogP contribution in [-0.2, 0) is 0 Å². The van der Waals surface area contributed by atoms with Gasteiger partial charge in [0.05, 0.1) is 0 Å². The molecule has 0 saturated heterocycles. The van der Waals surface area contributed by atoms with Gasteiger partial charge in [0.25, 0.3) is 0 Å². The third-order valence-corrected chi connectivity index (χ3v) is 2.33. The molecule has 0 amide bonds. The van der Waals surface area contributed by atoms with Gasteiger partial charge in [0.1, 0.15) is 0 Å². The van der Waals surface area contributed by atoms with Gasteiger partial charge in [-0.15, -0.1) is 0 Å².